The summed E-state index contributed by atoms with van der Waals surface area (Å²) >= 11 is 1.65. The van der Waals surface area contributed by atoms with Gasteiger partial charge in [-0.05, 0) is 36.2 Å². The Balaban J connectivity index is 1.78. The lowest BCUT2D eigenvalue weighted by Gasteiger charge is -2.29. The van der Waals surface area contributed by atoms with Crippen molar-refractivity contribution < 1.29 is 13.2 Å². The first-order valence-corrected chi connectivity index (χ1v) is 10.6. The molecule has 2 heterocycles. The largest absolute Gasteiger partial charge is 0.311 e. The Labute approximate surface area is 151 Å². The van der Waals surface area contributed by atoms with Gasteiger partial charge in [0.15, 0.2) is 0 Å². The van der Waals surface area contributed by atoms with Gasteiger partial charge in [-0.2, -0.15) is 0 Å². The van der Waals surface area contributed by atoms with Crippen LogP contribution < -0.4 is 9.21 Å². The van der Waals surface area contributed by atoms with Gasteiger partial charge in [0.2, 0.25) is 5.91 Å². The molecule has 0 saturated heterocycles. The molecule has 0 spiro atoms. The van der Waals surface area contributed by atoms with Crippen molar-refractivity contribution in [2.75, 3.05) is 28.0 Å². The summed E-state index contributed by atoms with van der Waals surface area (Å²) in [5, 5.41) is 0. The second-order valence-corrected chi connectivity index (χ2v) is 9.10. The van der Waals surface area contributed by atoms with Crippen LogP contribution >= 0.6 is 11.8 Å². The monoisotopic (exact) mass is 374 g/mol. The summed E-state index contributed by atoms with van der Waals surface area (Å²) in [5.74, 6) is 0.751. The molecule has 0 unspecified atom stereocenters. The Morgan fingerprint density at radius 2 is 1.88 bits per heavy atom. The Morgan fingerprint density at radius 3 is 2.68 bits per heavy atom. The van der Waals surface area contributed by atoms with E-state index in [0.717, 1.165) is 28.3 Å². The quantitative estimate of drug-likeness (QED) is 0.811. The predicted octanol–water partition coefficient (Wildman–Crippen LogP) is 2.90. The lowest BCUT2D eigenvalue weighted by molar-refractivity contribution is -0.116. The van der Waals surface area contributed by atoms with Gasteiger partial charge in [0.1, 0.15) is 0 Å². The van der Waals surface area contributed by atoms with Crippen LogP contribution in [-0.2, 0) is 21.2 Å². The van der Waals surface area contributed by atoms with Gasteiger partial charge in [0, 0.05) is 30.7 Å². The van der Waals surface area contributed by atoms with Gasteiger partial charge >= 0.3 is 0 Å². The summed E-state index contributed by atoms with van der Waals surface area (Å²) in [6, 6.07) is 12.7. The molecule has 2 aliphatic heterocycles. The van der Waals surface area contributed by atoms with E-state index in [1.165, 1.54) is 11.2 Å². The van der Waals surface area contributed by atoms with E-state index in [1.54, 1.807) is 28.8 Å². The molecule has 0 bridgehead atoms. The van der Waals surface area contributed by atoms with Crippen molar-refractivity contribution in [1.29, 1.82) is 0 Å². The molecule has 2 aromatic carbocycles. The highest BCUT2D eigenvalue weighted by molar-refractivity contribution is 7.99. The fourth-order valence-electron chi connectivity index (χ4n) is 3.37. The lowest BCUT2D eigenvalue weighted by atomic mass is 10.2. The molecule has 2 aromatic rings. The minimum absolute atomic E-state index is 0.0670. The number of rotatable bonds is 2. The SMILES string of the molecule is CC(=O)N1CCSc2ccc(S(=O)(=O)N3CCc4ccccc43)cc21. The third-order valence-electron chi connectivity index (χ3n) is 4.61. The van der Waals surface area contributed by atoms with Crippen molar-refractivity contribution in [2.45, 2.75) is 23.1 Å². The molecular formula is C18H18N2O3S2. The van der Waals surface area contributed by atoms with Crippen LogP contribution in [0.5, 0.6) is 0 Å². The number of hydrogen-bond acceptors (Lipinski definition) is 4. The van der Waals surface area contributed by atoms with E-state index in [-0.39, 0.29) is 10.8 Å². The number of hydrogen-bond donors (Lipinski definition) is 0. The van der Waals surface area contributed by atoms with Crippen molar-refractivity contribution in [2.24, 2.45) is 0 Å². The van der Waals surface area contributed by atoms with Gasteiger partial charge in [-0.1, -0.05) is 18.2 Å². The van der Waals surface area contributed by atoms with Gasteiger partial charge in [-0.15, -0.1) is 11.8 Å². The second kappa shape index (κ2) is 6.07. The first-order chi connectivity index (χ1) is 12.0. The maximum absolute atomic E-state index is 13.2. The third kappa shape index (κ3) is 2.71. The summed E-state index contributed by atoms with van der Waals surface area (Å²) in [6.45, 7) is 2.56. The molecule has 2 aliphatic rings. The number of amides is 1. The molecule has 0 atom stereocenters. The number of sulfonamides is 1. The lowest BCUT2D eigenvalue weighted by Crippen LogP contribution is -2.34. The van der Waals surface area contributed by atoms with Crippen LogP contribution in [0, 0.1) is 0 Å². The molecule has 25 heavy (non-hydrogen) atoms. The molecule has 0 N–H and O–H groups in total. The Morgan fingerprint density at radius 1 is 1.08 bits per heavy atom. The van der Waals surface area contributed by atoms with Gasteiger partial charge in [-0.3, -0.25) is 9.10 Å². The fourth-order valence-corrected chi connectivity index (χ4v) is 5.87. The highest BCUT2D eigenvalue weighted by Gasteiger charge is 2.32. The average Bonchev–Trinajstić information content (AvgIpc) is 3.05. The molecule has 7 heteroatoms. The predicted molar refractivity (Wildman–Crippen MR) is 99.9 cm³/mol. The van der Waals surface area contributed by atoms with Crippen molar-refractivity contribution >= 4 is 39.1 Å². The number of carbonyl (C=O) groups is 1. The van der Waals surface area contributed by atoms with E-state index in [9.17, 15) is 13.2 Å². The summed E-state index contributed by atoms with van der Waals surface area (Å²) < 4.78 is 27.8. The van der Waals surface area contributed by atoms with Crippen LogP contribution in [0.2, 0.25) is 0 Å². The Hall–Kier alpha value is -1.99. The van der Waals surface area contributed by atoms with E-state index in [0.29, 0.717) is 18.8 Å². The van der Waals surface area contributed by atoms with E-state index in [2.05, 4.69) is 0 Å². The molecule has 0 radical (unpaired) electrons. The number of nitrogens with zero attached hydrogens (tertiary/aromatic N) is 2. The average molecular weight is 374 g/mol. The minimum Gasteiger partial charge on any atom is -0.311 e. The van der Waals surface area contributed by atoms with E-state index >= 15 is 0 Å². The molecule has 4 rings (SSSR count). The standard InChI is InChI=1S/C18H18N2O3S2/c1-13(21)19-10-11-24-18-7-6-15(12-17(18)19)25(22,23)20-9-8-14-4-2-3-5-16(14)20/h2-7,12H,8-11H2,1H3. The smallest absolute Gasteiger partial charge is 0.264 e. The van der Waals surface area contributed by atoms with Crippen molar-refractivity contribution in [3.05, 3.63) is 48.0 Å². The first-order valence-electron chi connectivity index (χ1n) is 8.14. The van der Waals surface area contributed by atoms with Crippen molar-refractivity contribution in [3.63, 3.8) is 0 Å². The maximum Gasteiger partial charge on any atom is 0.264 e. The van der Waals surface area contributed by atoms with Crippen molar-refractivity contribution in [1.82, 2.24) is 0 Å². The normalized spacial score (nSPS) is 16.5. The number of thioether (sulfide) groups is 1. The van der Waals surface area contributed by atoms with Crippen LogP contribution in [0.3, 0.4) is 0 Å². The number of anilines is 2. The molecule has 5 nitrogen and oxygen atoms in total. The molecule has 0 fully saturated rings. The summed E-state index contributed by atoms with van der Waals surface area (Å²) in [7, 11) is -3.65. The number of benzene rings is 2. The van der Waals surface area contributed by atoms with Gasteiger partial charge in [0.05, 0.1) is 16.3 Å². The molecule has 1 amide bonds. The van der Waals surface area contributed by atoms with E-state index < -0.39 is 10.0 Å². The third-order valence-corrected chi connectivity index (χ3v) is 7.46. The Bertz CT molecular complexity index is 957. The van der Waals surface area contributed by atoms with E-state index in [4.69, 9.17) is 0 Å². The van der Waals surface area contributed by atoms with Crippen LogP contribution in [-0.4, -0.2) is 33.2 Å². The summed E-state index contributed by atoms with van der Waals surface area (Å²) in [4.78, 5) is 14.7. The topological polar surface area (TPSA) is 57.7 Å². The number of fused-ring (bicyclic) bond motifs is 2. The maximum atomic E-state index is 13.2. The van der Waals surface area contributed by atoms with Gasteiger partial charge in [-0.25, -0.2) is 8.42 Å². The first kappa shape index (κ1) is 16.5. The molecule has 130 valence electrons. The van der Waals surface area contributed by atoms with Gasteiger partial charge < -0.3 is 4.90 Å². The van der Waals surface area contributed by atoms with Crippen LogP contribution in [0.25, 0.3) is 0 Å². The van der Waals surface area contributed by atoms with Crippen molar-refractivity contribution in [3.8, 4) is 0 Å². The Kier molecular flexibility index (Phi) is 4.00. The second-order valence-electron chi connectivity index (χ2n) is 6.10. The molecule has 0 aromatic heterocycles. The highest BCUT2D eigenvalue weighted by atomic mass is 32.2. The molecular weight excluding hydrogens is 356 g/mol. The fraction of sp³-hybridized carbons (Fsp3) is 0.278. The summed E-state index contributed by atoms with van der Waals surface area (Å²) in [6.07, 6.45) is 0.718. The molecule has 0 saturated carbocycles. The minimum atomic E-state index is -3.65. The van der Waals surface area contributed by atoms with Gasteiger partial charge in [0.25, 0.3) is 10.0 Å². The zero-order valence-electron chi connectivity index (χ0n) is 13.8. The number of carbonyl (C=O) groups excluding carboxylic acids is 1. The zero-order chi connectivity index (χ0) is 17.6. The molecule has 0 aliphatic carbocycles. The van der Waals surface area contributed by atoms with E-state index in [1.807, 2.05) is 30.3 Å². The van der Waals surface area contributed by atoms with Crippen LogP contribution in [0.1, 0.15) is 12.5 Å². The highest BCUT2D eigenvalue weighted by Crippen LogP contribution is 2.38. The number of para-hydroxylation sites is 1. The van der Waals surface area contributed by atoms with Crippen LogP contribution in [0.15, 0.2) is 52.3 Å². The van der Waals surface area contributed by atoms with Crippen LogP contribution in [0.4, 0.5) is 11.4 Å². The zero-order valence-corrected chi connectivity index (χ0v) is 15.4. The summed E-state index contributed by atoms with van der Waals surface area (Å²) in [5.41, 5.74) is 2.49.